The Morgan fingerprint density at radius 3 is 2.62 bits per heavy atom. The number of nitrogens with zero attached hydrogens (tertiary/aromatic N) is 4. The van der Waals surface area contributed by atoms with E-state index in [9.17, 15) is 14.4 Å². The van der Waals surface area contributed by atoms with Crippen LogP contribution in [0.3, 0.4) is 0 Å². The number of benzene rings is 1. The summed E-state index contributed by atoms with van der Waals surface area (Å²) < 4.78 is 11.7. The second-order valence-corrected chi connectivity index (χ2v) is 8.05. The number of methoxy groups -OCH3 is 1. The topological polar surface area (TPSA) is 110 Å². The number of aromatic nitrogens is 2. The molecular weight excluding hydrogens is 437 g/mol. The predicted molar refractivity (Wildman–Crippen MR) is 129 cm³/mol. The van der Waals surface area contributed by atoms with Crippen molar-refractivity contribution >= 4 is 42.1 Å². The van der Waals surface area contributed by atoms with Crippen LogP contribution in [-0.2, 0) is 11.1 Å². The minimum absolute atomic E-state index is 0.00343. The highest BCUT2D eigenvalue weighted by atomic mass is 16.5. The van der Waals surface area contributed by atoms with E-state index >= 15 is 0 Å². The zero-order valence-electron chi connectivity index (χ0n) is 19.2. The lowest BCUT2D eigenvalue weighted by atomic mass is 10.0. The van der Waals surface area contributed by atoms with Crippen LogP contribution in [0.15, 0.2) is 39.5 Å². The summed E-state index contributed by atoms with van der Waals surface area (Å²) in [6.45, 7) is 5.13. The Morgan fingerprint density at radius 2 is 1.94 bits per heavy atom. The molecule has 1 aromatic carbocycles. The van der Waals surface area contributed by atoms with Crippen LogP contribution in [0.2, 0.25) is 0 Å². The number of para-hydroxylation sites is 2. The van der Waals surface area contributed by atoms with Gasteiger partial charge in [-0.2, -0.15) is 9.78 Å². The molecule has 1 N–H and O–H groups in total. The largest absolute Gasteiger partial charge is 0.495 e. The summed E-state index contributed by atoms with van der Waals surface area (Å²) in [5.41, 5.74) is 0.726. The van der Waals surface area contributed by atoms with Crippen molar-refractivity contribution in [1.82, 2.24) is 14.7 Å². The number of hydrogen-bond donors (Lipinski definition) is 1. The minimum atomic E-state index is -0.753. The molecule has 0 unspecified atom stereocenters. The molecule has 0 atom stereocenters. The maximum Gasteiger partial charge on any atom is 0.361 e. The predicted octanol–water partition coefficient (Wildman–Crippen LogP) is 1.48. The van der Waals surface area contributed by atoms with Crippen LogP contribution in [0.5, 0.6) is 5.75 Å². The molecule has 2 radical (unpaired) electrons. The number of amides is 1. The van der Waals surface area contributed by atoms with E-state index in [2.05, 4.69) is 20.2 Å². The van der Waals surface area contributed by atoms with Gasteiger partial charge in [-0.1, -0.05) is 12.1 Å². The number of carbonyl (C=O) groups is 2. The quantitative estimate of drug-likeness (QED) is 0.525. The van der Waals surface area contributed by atoms with Gasteiger partial charge >= 0.3 is 5.63 Å². The molecule has 1 saturated heterocycles. The van der Waals surface area contributed by atoms with Crippen LogP contribution in [0.25, 0.3) is 11.1 Å². The molecule has 4 rings (SSSR count). The zero-order chi connectivity index (χ0) is 24.2. The number of carbonyl (C=O) groups excluding carboxylic acids is 2. The van der Waals surface area contributed by atoms with Crippen molar-refractivity contribution < 1.29 is 18.7 Å². The Kier molecular flexibility index (Phi) is 7.02. The third kappa shape index (κ3) is 4.84. The first-order valence-corrected chi connectivity index (χ1v) is 11.1. The number of nitrogens with one attached hydrogen (secondary N) is 1. The molecule has 0 aliphatic carbocycles. The van der Waals surface area contributed by atoms with Crippen LogP contribution in [-0.4, -0.2) is 74.2 Å². The lowest BCUT2D eigenvalue weighted by Gasteiger charge is -2.36. The van der Waals surface area contributed by atoms with Crippen molar-refractivity contribution in [2.24, 2.45) is 0 Å². The number of anilines is 2. The van der Waals surface area contributed by atoms with Crippen molar-refractivity contribution in [2.45, 2.75) is 19.7 Å². The Bertz CT molecular complexity index is 1260. The summed E-state index contributed by atoms with van der Waals surface area (Å²) >= 11 is 0. The van der Waals surface area contributed by atoms with E-state index in [4.69, 9.17) is 17.0 Å². The molecule has 0 saturated carbocycles. The van der Waals surface area contributed by atoms with Crippen LogP contribution in [0, 0.1) is 0 Å². The van der Waals surface area contributed by atoms with Crippen molar-refractivity contribution in [3.63, 3.8) is 0 Å². The highest BCUT2D eigenvalue weighted by Crippen LogP contribution is 2.28. The number of ether oxygens (including phenoxy) is 1. The van der Waals surface area contributed by atoms with E-state index in [1.165, 1.54) is 13.0 Å². The van der Waals surface area contributed by atoms with E-state index < -0.39 is 11.5 Å². The number of rotatable bonds is 7. The van der Waals surface area contributed by atoms with Gasteiger partial charge in [-0.05, 0) is 24.5 Å². The van der Waals surface area contributed by atoms with E-state index in [0.29, 0.717) is 17.6 Å². The molecule has 2 aromatic heterocycles. The van der Waals surface area contributed by atoms with E-state index in [0.717, 1.165) is 42.3 Å². The molecule has 3 heterocycles. The van der Waals surface area contributed by atoms with Gasteiger partial charge in [0.2, 0.25) is 17.5 Å². The summed E-state index contributed by atoms with van der Waals surface area (Å²) in [6, 6.07) is 9.38. The maximum absolute atomic E-state index is 12.5. The molecule has 1 aliphatic rings. The summed E-state index contributed by atoms with van der Waals surface area (Å²) in [4.78, 5) is 41.1. The first kappa shape index (κ1) is 23.6. The van der Waals surface area contributed by atoms with Crippen molar-refractivity contribution in [3.05, 3.63) is 46.4 Å². The fraction of sp³-hybridized carbons (Fsp3) is 0.391. The maximum atomic E-state index is 12.5. The van der Waals surface area contributed by atoms with Crippen LogP contribution >= 0.6 is 0 Å². The van der Waals surface area contributed by atoms with E-state index in [-0.39, 0.29) is 30.0 Å². The Balaban J connectivity index is 1.35. The van der Waals surface area contributed by atoms with Gasteiger partial charge < -0.3 is 19.4 Å². The van der Waals surface area contributed by atoms with E-state index in [1.807, 2.05) is 24.3 Å². The van der Waals surface area contributed by atoms with E-state index in [1.54, 1.807) is 7.11 Å². The van der Waals surface area contributed by atoms with Gasteiger partial charge in [-0.25, -0.2) is 4.79 Å². The zero-order valence-corrected chi connectivity index (χ0v) is 19.2. The Labute approximate surface area is 197 Å². The second kappa shape index (κ2) is 10.1. The molecule has 0 bridgehead atoms. The average Bonchev–Trinajstić information content (AvgIpc) is 3.21. The molecule has 34 heavy (non-hydrogen) atoms. The smallest absolute Gasteiger partial charge is 0.361 e. The molecular formula is C23H26BN5O5. The fourth-order valence-electron chi connectivity index (χ4n) is 4.07. The van der Waals surface area contributed by atoms with Gasteiger partial charge in [0, 0.05) is 46.1 Å². The first-order valence-electron chi connectivity index (χ1n) is 11.1. The molecule has 3 aromatic rings. The summed E-state index contributed by atoms with van der Waals surface area (Å²) in [6.07, 6.45) is 0.279. The third-order valence-corrected chi connectivity index (χ3v) is 5.87. The number of hydrogen-bond acceptors (Lipinski definition) is 8. The minimum Gasteiger partial charge on any atom is -0.495 e. The molecule has 176 valence electrons. The SMILES string of the molecule is [B]Cc1nn(C(C)=O)c2oc(=O)c(NC(=O)CCN3CCN(c4ccccc4OC)CC3)cc12. The molecule has 1 fully saturated rings. The fourth-order valence-corrected chi connectivity index (χ4v) is 4.07. The normalized spacial score (nSPS) is 14.4. The van der Waals surface area contributed by atoms with Crippen molar-refractivity contribution in [2.75, 3.05) is 50.1 Å². The van der Waals surface area contributed by atoms with Gasteiger partial charge in [0.05, 0.1) is 31.7 Å². The number of piperazine rings is 1. The highest BCUT2D eigenvalue weighted by Gasteiger charge is 2.21. The Morgan fingerprint density at radius 1 is 1.21 bits per heavy atom. The van der Waals surface area contributed by atoms with Gasteiger partial charge in [-0.15, -0.1) is 0 Å². The summed E-state index contributed by atoms with van der Waals surface area (Å²) in [5.74, 6) is 0.139. The third-order valence-electron chi connectivity index (χ3n) is 5.87. The van der Waals surface area contributed by atoms with Crippen LogP contribution in [0.4, 0.5) is 11.4 Å². The monoisotopic (exact) mass is 463 g/mol. The molecule has 0 spiro atoms. The van der Waals surface area contributed by atoms with Crippen molar-refractivity contribution in [1.29, 1.82) is 0 Å². The molecule has 1 amide bonds. The van der Waals surface area contributed by atoms with Crippen LogP contribution in [0.1, 0.15) is 23.8 Å². The lowest BCUT2D eigenvalue weighted by Crippen LogP contribution is -2.47. The van der Waals surface area contributed by atoms with Gasteiger partial charge in [0.25, 0.3) is 0 Å². The highest BCUT2D eigenvalue weighted by molar-refractivity contribution is 6.09. The summed E-state index contributed by atoms with van der Waals surface area (Å²) in [7, 11) is 7.37. The standard InChI is InChI=1S/C23H26BN5O5/c1-15(30)29-22-16(18(14-24)26-29)13-17(23(32)34-22)25-21(31)7-8-27-9-11-28(12-10-27)19-5-3-4-6-20(19)33-2/h3-6,13H,7-12,14H2,1-2H3,(H,25,31). The molecule has 10 nitrogen and oxygen atoms in total. The first-order chi connectivity index (χ1) is 16.4. The number of fused-ring (bicyclic) bond motifs is 1. The Hall–Kier alpha value is -3.60. The summed E-state index contributed by atoms with van der Waals surface area (Å²) in [5, 5.41) is 7.12. The molecule has 11 heteroatoms. The second-order valence-electron chi connectivity index (χ2n) is 8.05. The van der Waals surface area contributed by atoms with Gasteiger partial charge in [-0.3, -0.25) is 14.5 Å². The average molecular weight is 463 g/mol. The molecule has 1 aliphatic heterocycles. The van der Waals surface area contributed by atoms with Gasteiger partial charge in [0.15, 0.2) is 0 Å². The van der Waals surface area contributed by atoms with Crippen molar-refractivity contribution in [3.8, 4) is 5.75 Å². The van der Waals surface area contributed by atoms with Crippen LogP contribution < -0.4 is 20.6 Å². The van der Waals surface area contributed by atoms with Gasteiger partial charge in [0.1, 0.15) is 11.4 Å². The lowest BCUT2D eigenvalue weighted by molar-refractivity contribution is -0.116.